The number of hydrogen-bond donors (Lipinski definition) is 2. The van der Waals surface area contributed by atoms with Gasteiger partial charge in [-0.3, -0.25) is 9.36 Å². The van der Waals surface area contributed by atoms with Crippen LogP contribution in [-0.2, 0) is 17.9 Å². The lowest BCUT2D eigenvalue weighted by atomic mass is 10.0. The number of nitrogens with one attached hydrogen (secondary N) is 1. The molecule has 1 aromatic heterocycles. The Morgan fingerprint density at radius 3 is 2.44 bits per heavy atom. The highest BCUT2D eigenvalue weighted by Crippen LogP contribution is 2.24. The minimum absolute atomic E-state index is 0.0135. The van der Waals surface area contributed by atoms with Gasteiger partial charge in [-0.2, -0.15) is 13.2 Å². The van der Waals surface area contributed by atoms with Crippen LogP contribution in [0.25, 0.3) is 11.4 Å². The van der Waals surface area contributed by atoms with Crippen molar-refractivity contribution in [1.29, 1.82) is 0 Å². The molecule has 182 valence electrons. The van der Waals surface area contributed by atoms with Crippen molar-refractivity contribution in [2.45, 2.75) is 38.1 Å². The summed E-state index contributed by atoms with van der Waals surface area (Å²) in [4.78, 5) is 25.5. The van der Waals surface area contributed by atoms with Gasteiger partial charge < -0.3 is 10.4 Å². The molecule has 0 spiro atoms. The van der Waals surface area contributed by atoms with Crippen molar-refractivity contribution in [2.24, 2.45) is 0 Å². The minimum atomic E-state index is -4.48. The van der Waals surface area contributed by atoms with Crippen LogP contribution in [0, 0.1) is 0 Å². The van der Waals surface area contributed by atoms with Crippen LogP contribution in [0.5, 0.6) is 0 Å². The van der Waals surface area contributed by atoms with Crippen LogP contribution in [0.4, 0.5) is 13.2 Å². The molecule has 12 heteroatoms. The Balaban J connectivity index is 1.87. The van der Waals surface area contributed by atoms with Crippen molar-refractivity contribution in [3.63, 3.8) is 0 Å². The fourth-order valence-corrected chi connectivity index (χ4v) is 3.67. The van der Waals surface area contributed by atoms with Crippen molar-refractivity contribution in [3.8, 4) is 11.4 Å². The summed E-state index contributed by atoms with van der Waals surface area (Å²) in [6.07, 6.45) is -5.53. The molecule has 0 fully saturated rings. The molecule has 1 atom stereocenters. The second-order valence-corrected chi connectivity index (χ2v) is 8.35. The van der Waals surface area contributed by atoms with Gasteiger partial charge in [-0.25, -0.2) is 9.48 Å². The summed E-state index contributed by atoms with van der Waals surface area (Å²) >= 11 is 11.9. The maximum Gasteiger partial charge on any atom is 0.390 e. The van der Waals surface area contributed by atoms with Crippen molar-refractivity contribution in [1.82, 2.24) is 19.7 Å². The summed E-state index contributed by atoms with van der Waals surface area (Å²) in [5.41, 5.74) is 0.172. The van der Waals surface area contributed by atoms with Gasteiger partial charge in [0.05, 0.1) is 12.5 Å². The number of nitrogens with zero attached hydrogens (tertiary/aromatic N) is 3. The molecule has 3 rings (SSSR count). The van der Waals surface area contributed by atoms with Gasteiger partial charge in [-0.05, 0) is 48.4 Å². The first kappa shape index (κ1) is 25.8. The van der Waals surface area contributed by atoms with E-state index in [-0.39, 0.29) is 18.9 Å². The van der Waals surface area contributed by atoms with Gasteiger partial charge >= 0.3 is 11.9 Å². The molecule has 2 aromatic carbocycles. The summed E-state index contributed by atoms with van der Waals surface area (Å²) in [5.74, 6) is -0.621. The summed E-state index contributed by atoms with van der Waals surface area (Å²) in [5, 5.41) is 17.0. The standard InChI is InChI=1S/C22H21Cl2F3N4O3/c23-16-6-4-14(5-7-16)20-29-31(21(34)30(20)10-9-22(25,26)27)13-19(33)28-18(8-11-32)15-2-1-3-17(24)12-15/h1-7,12,18,32H,8-11,13H2,(H,28,33). The molecule has 0 radical (unpaired) electrons. The molecule has 1 unspecified atom stereocenters. The van der Waals surface area contributed by atoms with E-state index < -0.39 is 43.3 Å². The molecule has 0 bridgehead atoms. The molecule has 0 aliphatic rings. The largest absolute Gasteiger partial charge is 0.396 e. The number of rotatable bonds is 9. The van der Waals surface area contributed by atoms with Gasteiger partial charge in [0.1, 0.15) is 6.54 Å². The molecule has 0 aliphatic carbocycles. The third kappa shape index (κ3) is 6.85. The van der Waals surface area contributed by atoms with E-state index in [9.17, 15) is 27.9 Å². The summed E-state index contributed by atoms with van der Waals surface area (Å²) < 4.78 is 40.2. The van der Waals surface area contributed by atoms with E-state index in [0.29, 0.717) is 21.2 Å². The maximum absolute atomic E-state index is 12.8. The van der Waals surface area contributed by atoms with E-state index in [0.717, 1.165) is 9.25 Å². The normalized spacial score (nSPS) is 12.5. The summed E-state index contributed by atoms with van der Waals surface area (Å²) in [6.45, 7) is -1.40. The van der Waals surface area contributed by atoms with Crippen molar-refractivity contribution < 1.29 is 23.1 Å². The predicted octanol–water partition coefficient (Wildman–Crippen LogP) is 4.21. The Morgan fingerprint density at radius 2 is 1.82 bits per heavy atom. The average molecular weight is 517 g/mol. The lowest BCUT2D eigenvalue weighted by Crippen LogP contribution is -2.36. The van der Waals surface area contributed by atoms with Gasteiger partial charge in [0.25, 0.3) is 0 Å². The van der Waals surface area contributed by atoms with Gasteiger partial charge in [0.2, 0.25) is 5.91 Å². The second kappa shape index (κ2) is 11.1. The quantitative estimate of drug-likeness (QED) is 0.445. The number of carbonyl (C=O) groups is 1. The molecule has 0 saturated heterocycles. The number of halogens is 5. The van der Waals surface area contributed by atoms with Crippen LogP contribution in [0.2, 0.25) is 10.0 Å². The second-order valence-electron chi connectivity index (χ2n) is 7.47. The zero-order valence-corrected chi connectivity index (χ0v) is 19.2. The SMILES string of the molecule is O=C(Cn1nc(-c2ccc(Cl)cc2)n(CCC(F)(F)F)c1=O)NC(CCO)c1cccc(Cl)c1. The topological polar surface area (TPSA) is 89.2 Å². The first-order valence-corrected chi connectivity index (χ1v) is 11.0. The Kier molecular flexibility index (Phi) is 8.40. The van der Waals surface area contributed by atoms with Gasteiger partial charge in [0.15, 0.2) is 5.82 Å². The predicted molar refractivity (Wildman–Crippen MR) is 122 cm³/mol. The number of amides is 1. The third-order valence-corrected chi connectivity index (χ3v) is 5.43. The zero-order chi connectivity index (χ0) is 24.9. The maximum atomic E-state index is 12.8. The molecule has 2 N–H and O–H groups in total. The number of alkyl halides is 3. The van der Waals surface area contributed by atoms with Crippen LogP contribution in [0.3, 0.4) is 0 Å². The number of carbonyl (C=O) groups excluding carboxylic acids is 1. The number of aliphatic hydroxyl groups is 1. The Bertz CT molecular complexity index is 1190. The molecule has 0 saturated carbocycles. The Morgan fingerprint density at radius 1 is 1.12 bits per heavy atom. The third-order valence-electron chi connectivity index (χ3n) is 4.94. The monoisotopic (exact) mass is 516 g/mol. The molecular weight excluding hydrogens is 496 g/mol. The van der Waals surface area contributed by atoms with E-state index in [2.05, 4.69) is 10.4 Å². The number of hydrogen-bond acceptors (Lipinski definition) is 4. The first-order chi connectivity index (χ1) is 16.1. The summed E-state index contributed by atoms with van der Waals surface area (Å²) in [7, 11) is 0. The lowest BCUT2D eigenvalue weighted by Gasteiger charge is -2.18. The van der Waals surface area contributed by atoms with E-state index >= 15 is 0 Å². The fourth-order valence-electron chi connectivity index (χ4n) is 3.35. The molecular formula is C22H21Cl2F3N4O3. The van der Waals surface area contributed by atoms with Gasteiger partial charge in [-0.1, -0.05) is 35.3 Å². The fraction of sp³-hybridized carbons (Fsp3) is 0.318. The molecule has 7 nitrogen and oxygen atoms in total. The summed E-state index contributed by atoms with van der Waals surface area (Å²) in [6, 6.07) is 12.2. The molecule has 0 aliphatic heterocycles. The molecule has 1 amide bonds. The van der Waals surface area contributed by atoms with Crippen LogP contribution < -0.4 is 11.0 Å². The van der Waals surface area contributed by atoms with E-state index in [4.69, 9.17) is 23.2 Å². The zero-order valence-electron chi connectivity index (χ0n) is 17.7. The number of aromatic nitrogens is 3. The van der Waals surface area contributed by atoms with E-state index in [1.54, 1.807) is 24.3 Å². The van der Waals surface area contributed by atoms with Crippen molar-refractivity contribution in [2.75, 3.05) is 6.61 Å². The van der Waals surface area contributed by atoms with Crippen LogP contribution in [-0.4, -0.2) is 38.1 Å². The lowest BCUT2D eigenvalue weighted by molar-refractivity contribution is -0.136. The first-order valence-electron chi connectivity index (χ1n) is 10.2. The number of aliphatic hydroxyl groups excluding tert-OH is 1. The Labute approximate surface area is 202 Å². The van der Waals surface area contributed by atoms with Crippen LogP contribution >= 0.6 is 23.2 Å². The van der Waals surface area contributed by atoms with E-state index in [1.807, 2.05) is 0 Å². The van der Waals surface area contributed by atoms with Crippen molar-refractivity contribution >= 4 is 29.1 Å². The molecule has 34 heavy (non-hydrogen) atoms. The van der Waals surface area contributed by atoms with Gasteiger partial charge in [0, 0.05) is 28.8 Å². The Hall–Kier alpha value is -2.82. The van der Waals surface area contributed by atoms with Gasteiger partial charge in [-0.15, -0.1) is 5.10 Å². The number of benzene rings is 2. The van der Waals surface area contributed by atoms with Crippen LogP contribution in [0.15, 0.2) is 53.3 Å². The molecule has 1 heterocycles. The highest BCUT2D eigenvalue weighted by Gasteiger charge is 2.29. The highest BCUT2D eigenvalue weighted by atomic mass is 35.5. The minimum Gasteiger partial charge on any atom is -0.396 e. The van der Waals surface area contributed by atoms with E-state index in [1.165, 1.54) is 24.3 Å². The van der Waals surface area contributed by atoms with Crippen molar-refractivity contribution in [3.05, 3.63) is 74.6 Å². The smallest absolute Gasteiger partial charge is 0.390 e. The highest BCUT2D eigenvalue weighted by molar-refractivity contribution is 6.30. The molecule has 3 aromatic rings. The van der Waals surface area contributed by atoms with Crippen LogP contribution in [0.1, 0.15) is 24.4 Å². The average Bonchev–Trinajstić information content (AvgIpc) is 3.07.